The van der Waals surface area contributed by atoms with Gasteiger partial charge in [0.15, 0.2) is 0 Å². The van der Waals surface area contributed by atoms with Gasteiger partial charge in [0.25, 0.3) is 0 Å². The SMILES string of the molecule is CC(CO)C(C)NC1CCCNC(=O)C1. The van der Waals surface area contributed by atoms with Crippen LogP contribution in [0.5, 0.6) is 0 Å². The average molecular weight is 214 g/mol. The third kappa shape index (κ3) is 4.18. The molecular weight excluding hydrogens is 192 g/mol. The molecule has 0 aromatic rings. The van der Waals surface area contributed by atoms with Crippen LogP contribution in [0, 0.1) is 5.92 Å². The van der Waals surface area contributed by atoms with E-state index in [1.165, 1.54) is 0 Å². The topological polar surface area (TPSA) is 61.4 Å². The maximum absolute atomic E-state index is 11.3. The molecule has 3 N–H and O–H groups in total. The molecule has 0 aromatic heterocycles. The standard InChI is InChI=1S/C11H22N2O2/c1-8(7-14)9(2)13-10-4-3-5-12-11(15)6-10/h8-10,13-14H,3-7H2,1-2H3,(H,12,15). The van der Waals surface area contributed by atoms with E-state index in [0.29, 0.717) is 6.42 Å². The fraction of sp³-hybridized carbons (Fsp3) is 0.909. The summed E-state index contributed by atoms with van der Waals surface area (Å²) in [7, 11) is 0. The van der Waals surface area contributed by atoms with Crippen LogP contribution >= 0.6 is 0 Å². The van der Waals surface area contributed by atoms with Gasteiger partial charge < -0.3 is 15.7 Å². The largest absolute Gasteiger partial charge is 0.396 e. The lowest BCUT2D eigenvalue weighted by Crippen LogP contribution is -2.42. The van der Waals surface area contributed by atoms with Crippen molar-refractivity contribution in [2.24, 2.45) is 5.92 Å². The maximum Gasteiger partial charge on any atom is 0.221 e. The van der Waals surface area contributed by atoms with Crippen molar-refractivity contribution in [3.05, 3.63) is 0 Å². The highest BCUT2D eigenvalue weighted by Crippen LogP contribution is 2.10. The van der Waals surface area contributed by atoms with Crippen molar-refractivity contribution in [1.82, 2.24) is 10.6 Å². The first kappa shape index (κ1) is 12.5. The summed E-state index contributed by atoms with van der Waals surface area (Å²) >= 11 is 0. The van der Waals surface area contributed by atoms with Crippen molar-refractivity contribution < 1.29 is 9.90 Å². The van der Waals surface area contributed by atoms with Gasteiger partial charge in [-0.15, -0.1) is 0 Å². The third-order valence-corrected chi connectivity index (χ3v) is 3.12. The van der Waals surface area contributed by atoms with Crippen molar-refractivity contribution in [2.45, 2.75) is 45.2 Å². The quantitative estimate of drug-likeness (QED) is 0.629. The molecule has 1 saturated heterocycles. The van der Waals surface area contributed by atoms with Crippen molar-refractivity contribution in [3.8, 4) is 0 Å². The van der Waals surface area contributed by atoms with Crippen LogP contribution in [-0.2, 0) is 4.79 Å². The molecular formula is C11H22N2O2. The fourth-order valence-electron chi connectivity index (χ4n) is 1.81. The summed E-state index contributed by atoms with van der Waals surface area (Å²) in [4.78, 5) is 11.3. The van der Waals surface area contributed by atoms with E-state index in [0.717, 1.165) is 19.4 Å². The van der Waals surface area contributed by atoms with E-state index < -0.39 is 0 Å². The zero-order valence-corrected chi connectivity index (χ0v) is 9.62. The summed E-state index contributed by atoms with van der Waals surface area (Å²) < 4.78 is 0. The molecule has 1 aliphatic rings. The van der Waals surface area contributed by atoms with Crippen molar-refractivity contribution in [1.29, 1.82) is 0 Å². The number of aliphatic hydroxyl groups is 1. The van der Waals surface area contributed by atoms with E-state index in [2.05, 4.69) is 17.6 Å². The zero-order valence-electron chi connectivity index (χ0n) is 9.62. The molecule has 4 nitrogen and oxygen atoms in total. The maximum atomic E-state index is 11.3. The van der Waals surface area contributed by atoms with Gasteiger partial charge in [0.05, 0.1) is 0 Å². The molecule has 4 heteroatoms. The third-order valence-electron chi connectivity index (χ3n) is 3.12. The molecule has 1 fully saturated rings. The normalized spacial score (nSPS) is 26.6. The number of carbonyl (C=O) groups excluding carboxylic acids is 1. The summed E-state index contributed by atoms with van der Waals surface area (Å²) in [5.41, 5.74) is 0. The first-order chi connectivity index (χ1) is 7.13. The lowest BCUT2D eigenvalue weighted by Gasteiger charge is -2.25. The van der Waals surface area contributed by atoms with Gasteiger partial charge in [0, 0.05) is 31.7 Å². The molecule has 1 aliphatic heterocycles. The first-order valence-electron chi connectivity index (χ1n) is 5.77. The summed E-state index contributed by atoms with van der Waals surface area (Å²) in [5, 5.41) is 15.3. The van der Waals surface area contributed by atoms with Crippen molar-refractivity contribution >= 4 is 5.91 Å². The second-order valence-corrected chi connectivity index (χ2v) is 4.51. The highest BCUT2D eigenvalue weighted by Gasteiger charge is 2.20. The average Bonchev–Trinajstić information content (AvgIpc) is 2.41. The van der Waals surface area contributed by atoms with Gasteiger partial charge >= 0.3 is 0 Å². The number of aliphatic hydroxyl groups excluding tert-OH is 1. The Bertz CT molecular complexity index is 209. The van der Waals surface area contributed by atoms with Gasteiger partial charge in [-0.1, -0.05) is 6.92 Å². The Morgan fingerprint density at radius 2 is 2.33 bits per heavy atom. The van der Waals surface area contributed by atoms with Crippen LogP contribution in [0.25, 0.3) is 0 Å². The van der Waals surface area contributed by atoms with Gasteiger partial charge in [-0.3, -0.25) is 4.79 Å². The molecule has 0 aromatic carbocycles. The molecule has 15 heavy (non-hydrogen) atoms. The molecule has 0 spiro atoms. The predicted octanol–water partition coefficient (Wildman–Crippen LogP) is 0.262. The number of hydrogen-bond donors (Lipinski definition) is 3. The molecule has 88 valence electrons. The number of nitrogens with one attached hydrogen (secondary N) is 2. The molecule has 1 heterocycles. The highest BCUT2D eigenvalue weighted by atomic mass is 16.3. The van der Waals surface area contributed by atoms with Crippen LogP contribution in [0.1, 0.15) is 33.1 Å². The monoisotopic (exact) mass is 214 g/mol. The van der Waals surface area contributed by atoms with Gasteiger partial charge in [-0.05, 0) is 25.7 Å². The van der Waals surface area contributed by atoms with Crippen LogP contribution in [0.3, 0.4) is 0 Å². The molecule has 3 unspecified atom stereocenters. The Kier molecular flexibility index (Phi) is 5.05. The van der Waals surface area contributed by atoms with Crippen molar-refractivity contribution in [2.75, 3.05) is 13.2 Å². The molecule has 0 aliphatic carbocycles. The number of hydrogen-bond acceptors (Lipinski definition) is 3. The van der Waals surface area contributed by atoms with Gasteiger partial charge in [-0.25, -0.2) is 0 Å². The number of amides is 1. The minimum atomic E-state index is 0.133. The molecule has 0 saturated carbocycles. The highest BCUT2D eigenvalue weighted by molar-refractivity contribution is 5.76. The Hall–Kier alpha value is -0.610. The van der Waals surface area contributed by atoms with Gasteiger partial charge in [-0.2, -0.15) is 0 Å². The number of rotatable bonds is 4. The van der Waals surface area contributed by atoms with E-state index in [4.69, 9.17) is 5.11 Å². The molecule has 3 atom stereocenters. The predicted molar refractivity (Wildman–Crippen MR) is 59.5 cm³/mol. The van der Waals surface area contributed by atoms with E-state index in [1.54, 1.807) is 0 Å². The summed E-state index contributed by atoms with van der Waals surface area (Å²) in [6.45, 7) is 5.05. The van der Waals surface area contributed by atoms with Gasteiger partial charge in [0.2, 0.25) is 5.91 Å². The summed E-state index contributed by atoms with van der Waals surface area (Å²) in [6, 6.07) is 0.516. The minimum absolute atomic E-state index is 0.133. The fourth-order valence-corrected chi connectivity index (χ4v) is 1.81. The van der Waals surface area contributed by atoms with Gasteiger partial charge in [0.1, 0.15) is 0 Å². The second kappa shape index (κ2) is 6.08. The van der Waals surface area contributed by atoms with Crippen LogP contribution in [-0.4, -0.2) is 36.2 Å². The van der Waals surface area contributed by atoms with Crippen LogP contribution in [0.15, 0.2) is 0 Å². The Labute approximate surface area is 91.4 Å². The number of carbonyl (C=O) groups is 1. The van der Waals surface area contributed by atoms with E-state index in [-0.39, 0.29) is 30.5 Å². The minimum Gasteiger partial charge on any atom is -0.396 e. The van der Waals surface area contributed by atoms with E-state index in [1.807, 2.05) is 6.92 Å². The smallest absolute Gasteiger partial charge is 0.221 e. The van der Waals surface area contributed by atoms with Crippen molar-refractivity contribution in [3.63, 3.8) is 0 Å². The lowest BCUT2D eigenvalue weighted by atomic mass is 10.0. The lowest BCUT2D eigenvalue weighted by molar-refractivity contribution is -0.121. The first-order valence-corrected chi connectivity index (χ1v) is 5.77. The molecule has 0 bridgehead atoms. The Morgan fingerprint density at radius 3 is 3.00 bits per heavy atom. The summed E-state index contributed by atoms with van der Waals surface area (Å²) in [6.07, 6.45) is 2.62. The Balaban J connectivity index is 2.38. The molecule has 1 rings (SSSR count). The molecule has 1 amide bonds. The second-order valence-electron chi connectivity index (χ2n) is 4.51. The summed E-state index contributed by atoms with van der Waals surface area (Å²) in [5.74, 6) is 0.366. The Morgan fingerprint density at radius 1 is 1.60 bits per heavy atom. The molecule has 0 radical (unpaired) electrons. The van der Waals surface area contributed by atoms with Crippen LogP contribution in [0.2, 0.25) is 0 Å². The van der Waals surface area contributed by atoms with E-state index in [9.17, 15) is 4.79 Å². The zero-order chi connectivity index (χ0) is 11.3. The van der Waals surface area contributed by atoms with Crippen LogP contribution < -0.4 is 10.6 Å². The van der Waals surface area contributed by atoms with E-state index >= 15 is 0 Å². The van der Waals surface area contributed by atoms with Crippen LogP contribution in [0.4, 0.5) is 0 Å².